The van der Waals surface area contributed by atoms with E-state index in [2.05, 4.69) is 20.3 Å². The Kier molecular flexibility index (Phi) is 4.45. The van der Waals surface area contributed by atoms with Gasteiger partial charge in [0.15, 0.2) is 23.2 Å². The quantitative estimate of drug-likeness (QED) is 0.558. The van der Waals surface area contributed by atoms with Crippen molar-refractivity contribution in [2.75, 3.05) is 11.9 Å². The Labute approximate surface area is 137 Å². The Morgan fingerprint density at radius 3 is 2.71 bits per heavy atom. The van der Waals surface area contributed by atoms with Crippen LogP contribution in [0, 0.1) is 5.92 Å². The standard InChI is InChI=1S/C14H19N5O5/c1-6(2)13(23)18-11-8-12(16-4-15-11)19(5-17-8)14-10(22)9(21)7(3-20)24-14/h4-7,9-10,14,20-22H,3H2,1-2H3,(H,15,16,18,23)/t7-,9-,10-,14-/m1/s1. The predicted molar refractivity (Wildman–Crippen MR) is 81.8 cm³/mol. The molecule has 3 heterocycles. The number of anilines is 1. The van der Waals surface area contributed by atoms with Gasteiger partial charge in [-0.2, -0.15) is 0 Å². The fourth-order valence-electron chi connectivity index (χ4n) is 2.50. The Morgan fingerprint density at radius 2 is 2.08 bits per heavy atom. The molecule has 24 heavy (non-hydrogen) atoms. The topological polar surface area (TPSA) is 143 Å². The van der Waals surface area contributed by atoms with Gasteiger partial charge in [0.2, 0.25) is 5.91 Å². The molecule has 2 aromatic rings. The largest absolute Gasteiger partial charge is 0.394 e. The Hall–Kier alpha value is -2.14. The summed E-state index contributed by atoms with van der Waals surface area (Å²) in [7, 11) is 0. The van der Waals surface area contributed by atoms with Gasteiger partial charge in [0.05, 0.1) is 12.9 Å². The van der Waals surface area contributed by atoms with Crippen molar-refractivity contribution >= 4 is 22.9 Å². The molecule has 4 atom stereocenters. The highest BCUT2D eigenvalue weighted by Gasteiger charge is 2.44. The highest BCUT2D eigenvalue weighted by molar-refractivity contribution is 5.97. The van der Waals surface area contributed by atoms with Crippen LogP contribution < -0.4 is 5.32 Å². The summed E-state index contributed by atoms with van der Waals surface area (Å²) in [6, 6.07) is 0. The first kappa shape index (κ1) is 16.7. The van der Waals surface area contributed by atoms with Gasteiger partial charge in [-0.25, -0.2) is 15.0 Å². The molecule has 2 aromatic heterocycles. The number of rotatable bonds is 4. The van der Waals surface area contributed by atoms with Crippen LogP contribution in [0.15, 0.2) is 12.7 Å². The molecule has 1 aliphatic rings. The van der Waals surface area contributed by atoms with Gasteiger partial charge in [-0.3, -0.25) is 9.36 Å². The van der Waals surface area contributed by atoms with Crippen LogP contribution in [0.2, 0.25) is 0 Å². The second-order valence-corrected chi connectivity index (χ2v) is 5.92. The summed E-state index contributed by atoms with van der Waals surface area (Å²) in [5, 5.41) is 31.9. The van der Waals surface area contributed by atoms with E-state index in [0.717, 1.165) is 0 Å². The molecule has 4 N–H and O–H groups in total. The van der Waals surface area contributed by atoms with Gasteiger partial charge in [0.25, 0.3) is 0 Å². The number of nitrogens with one attached hydrogen (secondary N) is 1. The Balaban J connectivity index is 1.96. The lowest BCUT2D eigenvalue weighted by Crippen LogP contribution is -2.33. The SMILES string of the molecule is CC(C)C(=O)Nc1ncnc2c1ncn2[C@@H]1O[C@H](CO)[C@@H](O)[C@H]1O. The summed E-state index contributed by atoms with van der Waals surface area (Å²) in [4.78, 5) is 24.2. The number of aliphatic hydroxyl groups excluding tert-OH is 3. The van der Waals surface area contributed by atoms with Gasteiger partial charge < -0.3 is 25.4 Å². The van der Waals surface area contributed by atoms with Crippen LogP contribution in [0.4, 0.5) is 5.82 Å². The van der Waals surface area contributed by atoms with Crippen LogP contribution in [0.3, 0.4) is 0 Å². The first-order chi connectivity index (χ1) is 11.4. The van der Waals surface area contributed by atoms with Crippen molar-refractivity contribution in [1.82, 2.24) is 19.5 Å². The minimum Gasteiger partial charge on any atom is -0.394 e. The molecule has 0 aromatic carbocycles. The molecule has 1 fully saturated rings. The monoisotopic (exact) mass is 337 g/mol. The van der Waals surface area contributed by atoms with E-state index < -0.39 is 31.1 Å². The maximum absolute atomic E-state index is 11.9. The van der Waals surface area contributed by atoms with Crippen molar-refractivity contribution in [1.29, 1.82) is 0 Å². The maximum Gasteiger partial charge on any atom is 0.228 e. The number of hydrogen-bond donors (Lipinski definition) is 4. The highest BCUT2D eigenvalue weighted by atomic mass is 16.6. The lowest BCUT2D eigenvalue weighted by molar-refractivity contribution is -0.118. The number of carbonyl (C=O) groups excluding carboxylic acids is 1. The summed E-state index contributed by atoms with van der Waals surface area (Å²) in [5.74, 6) is -0.181. The fraction of sp³-hybridized carbons (Fsp3) is 0.571. The normalized spacial score (nSPS) is 27.1. The van der Waals surface area contributed by atoms with E-state index in [1.807, 2.05) is 0 Å². The van der Waals surface area contributed by atoms with Crippen LogP contribution in [0.1, 0.15) is 20.1 Å². The third-order valence-electron chi connectivity index (χ3n) is 3.92. The average molecular weight is 337 g/mol. The second kappa shape index (κ2) is 6.40. The van der Waals surface area contributed by atoms with Crippen LogP contribution >= 0.6 is 0 Å². The summed E-state index contributed by atoms with van der Waals surface area (Å²) < 4.78 is 6.91. The molecule has 10 heteroatoms. The number of amides is 1. The van der Waals surface area contributed by atoms with Gasteiger partial charge in [-0.05, 0) is 0 Å². The third-order valence-corrected chi connectivity index (χ3v) is 3.92. The Morgan fingerprint density at radius 1 is 1.33 bits per heavy atom. The summed E-state index contributed by atoms with van der Waals surface area (Å²) in [6.07, 6.45) is -1.68. The molecule has 0 aliphatic carbocycles. The molecular weight excluding hydrogens is 318 g/mol. The van der Waals surface area contributed by atoms with Gasteiger partial charge in [-0.1, -0.05) is 13.8 Å². The minimum absolute atomic E-state index is 0.211. The van der Waals surface area contributed by atoms with Crippen molar-refractivity contribution in [3.8, 4) is 0 Å². The van der Waals surface area contributed by atoms with Crippen LogP contribution in [0.25, 0.3) is 11.2 Å². The summed E-state index contributed by atoms with van der Waals surface area (Å²) >= 11 is 0. The van der Waals surface area contributed by atoms with Gasteiger partial charge in [0, 0.05) is 5.92 Å². The molecule has 0 unspecified atom stereocenters. The van der Waals surface area contributed by atoms with E-state index in [0.29, 0.717) is 11.2 Å². The zero-order chi connectivity index (χ0) is 17.4. The van der Waals surface area contributed by atoms with Crippen LogP contribution in [-0.2, 0) is 9.53 Å². The molecule has 0 bridgehead atoms. The number of hydrogen-bond acceptors (Lipinski definition) is 8. The number of imidazole rings is 1. The van der Waals surface area contributed by atoms with Crippen molar-refractivity contribution in [3.63, 3.8) is 0 Å². The molecule has 0 spiro atoms. The molecular formula is C14H19N5O5. The van der Waals surface area contributed by atoms with E-state index in [-0.39, 0.29) is 17.6 Å². The molecule has 3 rings (SSSR count). The molecule has 1 saturated heterocycles. The number of fused-ring (bicyclic) bond motifs is 1. The molecule has 130 valence electrons. The minimum atomic E-state index is -1.25. The number of aliphatic hydroxyl groups is 3. The number of aromatic nitrogens is 4. The van der Waals surface area contributed by atoms with Crippen molar-refractivity contribution in [2.24, 2.45) is 5.92 Å². The van der Waals surface area contributed by atoms with E-state index >= 15 is 0 Å². The zero-order valence-corrected chi connectivity index (χ0v) is 13.2. The number of carbonyl (C=O) groups is 1. The Bertz CT molecular complexity index is 748. The lowest BCUT2D eigenvalue weighted by Gasteiger charge is -2.16. The molecule has 10 nitrogen and oxygen atoms in total. The van der Waals surface area contributed by atoms with Crippen molar-refractivity contribution in [2.45, 2.75) is 38.4 Å². The van der Waals surface area contributed by atoms with Gasteiger partial charge in [0.1, 0.15) is 24.6 Å². The third kappa shape index (κ3) is 2.73. The second-order valence-electron chi connectivity index (χ2n) is 5.92. The lowest BCUT2D eigenvalue weighted by atomic mass is 10.1. The number of nitrogens with zero attached hydrogens (tertiary/aromatic N) is 4. The fourth-order valence-corrected chi connectivity index (χ4v) is 2.50. The highest BCUT2D eigenvalue weighted by Crippen LogP contribution is 2.32. The van der Waals surface area contributed by atoms with Crippen LogP contribution in [0.5, 0.6) is 0 Å². The number of ether oxygens (including phenoxy) is 1. The van der Waals surface area contributed by atoms with Gasteiger partial charge in [-0.15, -0.1) is 0 Å². The predicted octanol–water partition coefficient (Wildman–Crippen LogP) is -0.968. The van der Waals surface area contributed by atoms with E-state index in [4.69, 9.17) is 4.74 Å². The summed E-state index contributed by atoms with van der Waals surface area (Å²) in [5.41, 5.74) is 0.670. The molecule has 1 amide bonds. The van der Waals surface area contributed by atoms with Crippen LogP contribution in [-0.4, -0.2) is 65.7 Å². The summed E-state index contributed by atoms with van der Waals surface area (Å²) in [6.45, 7) is 3.09. The van der Waals surface area contributed by atoms with E-state index in [1.165, 1.54) is 17.2 Å². The van der Waals surface area contributed by atoms with E-state index in [1.54, 1.807) is 13.8 Å². The van der Waals surface area contributed by atoms with Gasteiger partial charge >= 0.3 is 0 Å². The molecule has 1 aliphatic heterocycles. The molecule has 0 saturated carbocycles. The zero-order valence-electron chi connectivity index (χ0n) is 13.2. The molecule has 0 radical (unpaired) electrons. The first-order valence-corrected chi connectivity index (χ1v) is 7.55. The maximum atomic E-state index is 11.9. The smallest absolute Gasteiger partial charge is 0.228 e. The first-order valence-electron chi connectivity index (χ1n) is 7.55. The van der Waals surface area contributed by atoms with Crippen molar-refractivity contribution in [3.05, 3.63) is 12.7 Å². The average Bonchev–Trinajstić information content (AvgIpc) is 3.10. The van der Waals surface area contributed by atoms with Crippen molar-refractivity contribution < 1.29 is 24.9 Å². The van der Waals surface area contributed by atoms with E-state index in [9.17, 15) is 20.1 Å².